The van der Waals surface area contributed by atoms with Crippen molar-refractivity contribution in [1.29, 1.82) is 0 Å². The lowest BCUT2D eigenvalue weighted by Gasteiger charge is -2.32. The fourth-order valence-corrected chi connectivity index (χ4v) is 6.12. The molecule has 0 N–H and O–H groups in total. The van der Waals surface area contributed by atoms with Crippen molar-refractivity contribution in [3.8, 4) is 0 Å². The summed E-state index contributed by atoms with van der Waals surface area (Å²) in [5.74, 6) is 0. The molecule has 0 bridgehead atoms. The van der Waals surface area contributed by atoms with Gasteiger partial charge in [0.1, 0.15) is 0 Å². The summed E-state index contributed by atoms with van der Waals surface area (Å²) in [6.45, 7) is 16.9. The number of hydrogen-bond acceptors (Lipinski definition) is 3. The molecular formula is C12H30O3Si2. The summed E-state index contributed by atoms with van der Waals surface area (Å²) in [5.41, 5.74) is -0.139. The summed E-state index contributed by atoms with van der Waals surface area (Å²) in [6, 6.07) is 0. The Morgan fingerprint density at radius 3 is 1.29 bits per heavy atom. The van der Waals surface area contributed by atoms with E-state index in [1.165, 1.54) is 0 Å². The maximum absolute atomic E-state index is 5.98. The second kappa shape index (κ2) is 7.04. The van der Waals surface area contributed by atoms with Gasteiger partial charge in [-0.1, -0.05) is 13.8 Å². The van der Waals surface area contributed by atoms with E-state index in [0.29, 0.717) is 0 Å². The van der Waals surface area contributed by atoms with Gasteiger partial charge >= 0.3 is 18.6 Å². The summed E-state index contributed by atoms with van der Waals surface area (Å²) in [6.07, 6.45) is 2.01. The van der Waals surface area contributed by atoms with Crippen LogP contribution in [0.5, 0.6) is 0 Å². The van der Waals surface area contributed by atoms with Crippen molar-refractivity contribution in [3.63, 3.8) is 0 Å². The first-order chi connectivity index (χ1) is 7.62. The van der Waals surface area contributed by atoms with E-state index in [4.69, 9.17) is 13.0 Å². The Kier molecular flexibility index (Phi) is 7.17. The standard InChI is InChI=1S/C12H30O3Si2/c1-9-11(3,4)13-16(7)15-17(8)14-12(5,6)10-2/h16-17H,9-10H2,1-8H3. The SMILES string of the molecule is CCC(C)(C)O[SiH](C)O[SiH](C)OC(C)(C)CC. The van der Waals surface area contributed by atoms with E-state index in [9.17, 15) is 0 Å². The Hall–Kier alpha value is 0.314. The van der Waals surface area contributed by atoms with Gasteiger partial charge in [0.15, 0.2) is 0 Å². The van der Waals surface area contributed by atoms with Crippen LogP contribution in [0.15, 0.2) is 0 Å². The lowest BCUT2D eigenvalue weighted by Crippen LogP contribution is -2.40. The van der Waals surface area contributed by atoms with Crippen LogP contribution in [0.4, 0.5) is 0 Å². The van der Waals surface area contributed by atoms with Crippen LogP contribution >= 0.6 is 0 Å². The third-order valence-corrected chi connectivity index (χ3v) is 8.06. The molecule has 0 aliphatic heterocycles. The molecule has 0 saturated carbocycles. The second-order valence-corrected chi connectivity index (χ2v) is 9.56. The third-order valence-electron chi connectivity index (χ3n) is 3.06. The van der Waals surface area contributed by atoms with Crippen molar-refractivity contribution in [2.75, 3.05) is 0 Å². The highest BCUT2D eigenvalue weighted by Gasteiger charge is 2.26. The first-order valence-electron chi connectivity index (χ1n) is 6.63. The number of rotatable bonds is 8. The van der Waals surface area contributed by atoms with Crippen molar-refractivity contribution >= 4 is 18.6 Å². The molecule has 0 aromatic rings. The Morgan fingerprint density at radius 2 is 1.06 bits per heavy atom. The smallest absolute Gasteiger partial charge is 0.309 e. The van der Waals surface area contributed by atoms with Gasteiger partial charge in [-0.15, -0.1) is 0 Å². The molecule has 0 rings (SSSR count). The molecule has 0 aromatic heterocycles. The summed E-state index contributed by atoms with van der Waals surface area (Å²) >= 11 is 0. The van der Waals surface area contributed by atoms with Crippen LogP contribution in [0.1, 0.15) is 54.4 Å². The van der Waals surface area contributed by atoms with Crippen molar-refractivity contribution in [2.24, 2.45) is 0 Å². The topological polar surface area (TPSA) is 27.7 Å². The zero-order chi connectivity index (χ0) is 13.7. The zero-order valence-corrected chi connectivity index (χ0v) is 15.1. The second-order valence-electron chi connectivity index (χ2n) is 5.73. The molecule has 0 radical (unpaired) electrons. The van der Waals surface area contributed by atoms with Crippen molar-refractivity contribution in [3.05, 3.63) is 0 Å². The summed E-state index contributed by atoms with van der Waals surface area (Å²) in [5, 5.41) is 0. The summed E-state index contributed by atoms with van der Waals surface area (Å²) in [4.78, 5) is 0. The highest BCUT2D eigenvalue weighted by molar-refractivity contribution is 6.57. The molecule has 17 heavy (non-hydrogen) atoms. The average Bonchev–Trinajstić information content (AvgIpc) is 2.15. The number of hydrogen-bond donors (Lipinski definition) is 0. The molecule has 3 nitrogen and oxygen atoms in total. The van der Waals surface area contributed by atoms with E-state index in [0.717, 1.165) is 12.8 Å². The predicted octanol–water partition coefficient (Wildman–Crippen LogP) is 3.11. The monoisotopic (exact) mass is 278 g/mol. The van der Waals surface area contributed by atoms with E-state index in [-0.39, 0.29) is 11.2 Å². The molecule has 0 aromatic carbocycles. The lowest BCUT2D eigenvalue weighted by molar-refractivity contribution is 0.0587. The molecule has 5 heteroatoms. The van der Waals surface area contributed by atoms with Gasteiger partial charge in [-0.25, -0.2) is 0 Å². The molecule has 104 valence electrons. The van der Waals surface area contributed by atoms with Gasteiger partial charge in [0, 0.05) is 0 Å². The van der Waals surface area contributed by atoms with Crippen LogP contribution in [0.25, 0.3) is 0 Å². The van der Waals surface area contributed by atoms with E-state index in [1.807, 2.05) is 0 Å². The fourth-order valence-electron chi connectivity index (χ4n) is 1.39. The van der Waals surface area contributed by atoms with Crippen LogP contribution < -0.4 is 0 Å². The van der Waals surface area contributed by atoms with E-state index >= 15 is 0 Å². The molecule has 0 heterocycles. The Balaban J connectivity index is 4.08. The molecular weight excluding hydrogens is 248 g/mol. The van der Waals surface area contributed by atoms with E-state index in [2.05, 4.69) is 54.6 Å². The van der Waals surface area contributed by atoms with E-state index in [1.54, 1.807) is 0 Å². The third kappa shape index (κ3) is 8.10. The maximum Gasteiger partial charge on any atom is 0.309 e. The van der Waals surface area contributed by atoms with Gasteiger partial charge in [-0.3, -0.25) is 0 Å². The lowest BCUT2D eigenvalue weighted by atomic mass is 10.1. The quantitative estimate of drug-likeness (QED) is 0.639. The minimum Gasteiger partial charge on any atom is -0.419 e. The molecule has 0 spiro atoms. The Bertz CT molecular complexity index is 198. The molecule has 2 unspecified atom stereocenters. The van der Waals surface area contributed by atoms with E-state index < -0.39 is 18.6 Å². The highest BCUT2D eigenvalue weighted by Crippen LogP contribution is 2.18. The molecule has 0 saturated heterocycles. The van der Waals surface area contributed by atoms with Crippen molar-refractivity contribution in [2.45, 2.75) is 78.7 Å². The van der Waals surface area contributed by atoms with Crippen molar-refractivity contribution in [1.82, 2.24) is 0 Å². The fraction of sp³-hybridized carbons (Fsp3) is 1.00. The molecule has 0 amide bonds. The molecule has 0 aliphatic rings. The molecule has 0 fully saturated rings. The van der Waals surface area contributed by atoms with Crippen LogP contribution in [0, 0.1) is 0 Å². The highest BCUT2D eigenvalue weighted by atomic mass is 28.4. The zero-order valence-electron chi connectivity index (χ0n) is 12.8. The normalized spacial score (nSPS) is 16.9. The minimum atomic E-state index is -1.57. The largest absolute Gasteiger partial charge is 0.419 e. The minimum absolute atomic E-state index is 0.0694. The van der Waals surface area contributed by atoms with Gasteiger partial charge in [0.25, 0.3) is 0 Å². The summed E-state index contributed by atoms with van der Waals surface area (Å²) in [7, 11) is -3.13. The van der Waals surface area contributed by atoms with Gasteiger partial charge in [-0.05, 0) is 53.6 Å². The average molecular weight is 279 g/mol. The van der Waals surface area contributed by atoms with Crippen LogP contribution in [0.3, 0.4) is 0 Å². The Morgan fingerprint density at radius 1 is 0.765 bits per heavy atom. The van der Waals surface area contributed by atoms with Crippen LogP contribution in [-0.2, 0) is 13.0 Å². The summed E-state index contributed by atoms with van der Waals surface area (Å²) < 4.78 is 17.9. The van der Waals surface area contributed by atoms with Gasteiger partial charge < -0.3 is 13.0 Å². The predicted molar refractivity (Wildman–Crippen MR) is 78.0 cm³/mol. The van der Waals surface area contributed by atoms with Gasteiger partial charge in [0.2, 0.25) is 0 Å². The first kappa shape index (κ1) is 17.3. The van der Waals surface area contributed by atoms with Gasteiger partial charge in [-0.2, -0.15) is 0 Å². The maximum atomic E-state index is 5.98. The van der Waals surface area contributed by atoms with Gasteiger partial charge in [0.05, 0.1) is 11.2 Å². The molecule has 2 atom stereocenters. The van der Waals surface area contributed by atoms with Crippen LogP contribution in [0.2, 0.25) is 13.1 Å². The Labute approximate surface area is 111 Å². The van der Waals surface area contributed by atoms with Crippen LogP contribution in [-0.4, -0.2) is 29.8 Å². The molecule has 0 aliphatic carbocycles. The van der Waals surface area contributed by atoms with Crippen molar-refractivity contribution < 1.29 is 13.0 Å². The first-order valence-corrected chi connectivity index (χ1v) is 10.8.